The summed E-state index contributed by atoms with van der Waals surface area (Å²) < 4.78 is 1.56. The second-order valence-corrected chi connectivity index (χ2v) is 6.28. The number of anilines is 1. The summed E-state index contributed by atoms with van der Waals surface area (Å²) >= 11 is 0. The fourth-order valence-corrected chi connectivity index (χ4v) is 3.50. The summed E-state index contributed by atoms with van der Waals surface area (Å²) in [6.07, 6.45) is 3.96. The molecule has 0 bridgehead atoms. The molecule has 1 aliphatic heterocycles. The molecule has 1 saturated heterocycles. The summed E-state index contributed by atoms with van der Waals surface area (Å²) in [5.41, 5.74) is -0.133. The molecule has 1 saturated carbocycles. The first kappa shape index (κ1) is 15.5. The second kappa shape index (κ2) is 5.68. The van der Waals surface area contributed by atoms with Gasteiger partial charge in [0.1, 0.15) is 17.9 Å². The topological polar surface area (TPSA) is 96.3 Å². The van der Waals surface area contributed by atoms with Crippen LogP contribution in [0, 0.1) is 6.92 Å². The minimum Gasteiger partial charge on any atom is -0.300 e. The third kappa shape index (κ3) is 2.69. The zero-order valence-electron chi connectivity index (χ0n) is 13.4. The van der Waals surface area contributed by atoms with Gasteiger partial charge in [-0.15, -0.1) is 0 Å². The Morgan fingerprint density at radius 3 is 2.61 bits per heavy atom. The van der Waals surface area contributed by atoms with Crippen LogP contribution in [0.15, 0.2) is 6.07 Å². The van der Waals surface area contributed by atoms with Gasteiger partial charge >= 0.3 is 6.03 Å². The molecular weight excluding hydrogens is 298 g/mol. The molecule has 1 aromatic heterocycles. The lowest BCUT2D eigenvalue weighted by Gasteiger charge is -2.46. The largest absolute Gasteiger partial charge is 0.324 e. The van der Waals surface area contributed by atoms with Crippen molar-refractivity contribution in [3.05, 3.63) is 11.8 Å². The third-order valence-electron chi connectivity index (χ3n) is 4.66. The Morgan fingerprint density at radius 1 is 1.30 bits per heavy atom. The fraction of sp³-hybridized carbons (Fsp3) is 0.600. The van der Waals surface area contributed by atoms with Crippen LogP contribution in [0.4, 0.5) is 10.6 Å². The van der Waals surface area contributed by atoms with Crippen molar-refractivity contribution in [2.24, 2.45) is 7.05 Å². The number of carbonyl (C=O) groups excluding carboxylic acids is 3. The highest BCUT2D eigenvalue weighted by molar-refractivity contribution is 6.08. The number of aryl methyl sites for hydroxylation is 2. The van der Waals surface area contributed by atoms with Crippen molar-refractivity contribution in [2.75, 3.05) is 11.9 Å². The number of amides is 4. The first-order valence-corrected chi connectivity index (χ1v) is 7.86. The zero-order chi connectivity index (χ0) is 16.6. The highest BCUT2D eigenvalue weighted by Gasteiger charge is 2.51. The number of hydrogen-bond donors (Lipinski definition) is 2. The van der Waals surface area contributed by atoms with E-state index in [0.717, 1.165) is 25.0 Å². The molecule has 3 rings (SSSR count). The molecule has 0 unspecified atom stereocenters. The van der Waals surface area contributed by atoms with Crippen LogP contribution in [0.5, 0.6) is 0 Å². The molecule has 4 amide bonds. The molecular formula is C15H21N5O3. The molecule has 23 heavy (non-hydrogen) atoms. The van der Waals surface area contributed by atoms with Gasteiger partial charge in [-0.2, -0.15) is 5.10 Å². The molecule has 0 radical (unpaired) electrons. The van der Waals surface area contributed by atoms with E-state index in [1.165, 1.54) is 4.90 Å². The molecule has 2 aliphatic rings. The van der Waals surface area contributed by atoms with Crippen molar-refractivity contribution in [1.82, 2.24) is 20.0 Å². The molecule has 2 fully saturated rings. The van der Waals surface area contributed by atoms with Gasteiger partial charge in [0.25, 0.3) is 5.91 Å². The molecule has 8 heteroatoms. The number of nitrogens with one attached hydrogen (secondary N) is 2. The number of hydrogen-bond acceptors (Lipinski definition) is 4. The number of urea groups is 1. The Kier molecular flexibility index (Phi) is 3.83. The number of aromatic nitrogens is 2. The molecule has 1 spiro atoms. The predicted molar refractivity (Wildman–Crippen MR) is 82.6 cm³/mol. The Labute approximate surface area is 134 Å². The van der Waals surface area contributed by atoms with Crippen LogP contribution in [0.2, 0.25) is 0 Å². The SMILES string of the molecule is Cc1cc(NC(=O)N2CC(=O)NC(=O)C23CCCCC3)n(C)n1. The summed E-state index contributed by atoms with van der Waals surface area (Å²) in [4.78, 5) is 38.3. The zero-order valence-corrected chi connectivity index (χ0v) is 13.4. The Balaban J connectivity index is 1.87. The standard InChI is InChI=1S/C15H21N5O3/c1-10-8-11(19(2)18-10)16-14(23)20-9-12(21)17-13(22)15(20)6-4-3-5-7-15/h8H,3-7,9H2,1-2H3,(H,16,23)(H,17,21,22). The van der Waals surface area contributed by atoms with Gasteiger partial charge in [0.15, 0.2) is 0 Å². The minimum absolute atomic E-state index is 0.103. The average molecular weight is 319 g/mol. The minimum atomic E-state index is -0.913. The summed E-state index contributed by atoms with van der Waals surface area (Å²) in [5, 5.41) is 9.34. The van der Waals surface area contributed by atoms with Gasteiger partial charge in [-0.25, -0.2) is 4.79 Å². The summed E-state index contributed by atoms with van der Waals surface area (Å²) in [5.74, 6) is -0.260. The number of carbonyl (C=O) groups is 3. The van der Waals surface area contributed by atoms with Gasteiger partial charge < -0.3 is 4.90 Å². The van der Waals surface area contributed by atoms with E-state index in [0.29, 0.717) is 18.7 Å². The van der Waals surface area contributed by atoms with E-state index in [4.69, 9.17) is 0 Å². The molecule has 1 aliphatic carbocycles. The first-order chi connectivity index (χ1) is 10.9. The second-order valence-electron chi connectivity index (χ2n) is 6.28. The van der Waals surface area contributed by atoms with Crippen molar-refractivity contribution in [3.8, 4) is 0 Å². The van der Waals surface area contributed by atoms with Gasteiger partial charge in [-0.05, 0) is 19.8 Å². The van der Waals surface area contributed by atoms with E-state index in [1.54, 1.807) is 17.8 Å². The Morgan fingerprint density at radius 2 is 2.00 bits per heavy atom. The lowest BCUT2D eigenvalue weighted by atomic mass is 9.78. The van der Waals surface area contributed by atoms with Crippen LogP contribution in [0.25, 0.3) is 0 Å². The van der Waals surface area contributed by atoms with Crippen LogP contribution in [0.3, 0.4) is 0 Å². The maximum atomic E-state index is 12.7. The van der Waals surface area contributed by atoms with Gasteiger partial charge in [0, 0.05) is 13.1 Å². The molecule has 2 N–H and O–H groups in total. The van der Waals surface area contributed by atoms with Crippen molar-refractivity contribution in [2.45, 2.75) is 44.6 Å². The van der Waals surface area contributed by atoms with Gasteiger partial charge in [-0.1, -0.05) is 19.3 Å². The Hall–Kier alpha value is -2.38. The smallest absolute Gasteiger partial charge is 0.300 e. The van der Waals surface area contributed by atoms with Gasteiger partial charge in [-0.3, -0.25) is 24.9 Å². The molecule has 124 valence electrons. The van der Waals surface area contributed by atoms with E-state index in [-0.39, 0.29) is 12.5 Å². The average Bonchev–Trinajstić information content (AvgIpc) is 2.82. The van der Waals surface area contributed by atoms with Crippen LogP contribution < -0.4 is 10.6 Å². The third-order valence-corrected chi connectivity index (χ3v) is 4.66. The normalized spacial score (nSPS) is 20.5. The van der Waals surface area contributed by atoms with Crippen LogP contribution in [-0.2, 0) is 16.6 Å². The molecule has 0 atom stereocenters. The monoisotopic (exact) mass is 319 g/mol. The Bertz CT molecular complexity index is 660. The lowest BCUT2D eigenvalue weighted by molar-refractivity contribution is -0.146. The van der Waals surface area contributed by atoms with E-state index in [2.05, 4.69) is 15.7 Å². The van der Waals surface area contributed by atoms with Crippen molar-refractivity contribution in [3.63, 3.8) is 0 Å². The highest BCUT2D eigenvalue weighted by Crippen LogP contribution is 2.36. The molecule has 0 aromatic carbocycles. The van der Waals surface area contributed by atoms with Crippen LogP contribution in [0.1, 0.15) is 37.8 Å². The van der Waals surface area contributed by atoms with E-state index in [1.807, 2.05) is 6.92 Å². The molecule has 8 nitrogen and oxygen atoms in total. The van der Waals surface area contributed by atoms with Crippen LogP contribution in [-0.4, -0.2) is 44.6 Å². The van der Waals surface area contributed by atoms with Gasteiger partial charge in [0.05, 0.1) is 5.69 Å². The van der Waals surface area contributed by atoms with Crippen molar-refractivity contribution in [1.29, 1.82) is 0 Å². The predicted octanol–water partition coefficient (Wildman–Crippen LogP) is 0.922. The summed E-state index contributed by atoms with van der Waals surface area (Å²) in [6.45, 7) is 1.73. The maximum absolute atomic E-state index is 12.7. The number of piperazine rings is 1. The van der Waals surface area contributed by atoms with E-state index in [9.17, 15) is 14.4 Å². The number of rotatable bonds is 1. The quantitative estimate of drug-likeness (QED) is 0.752. The van der Waals surface area contributed by atoms with Crippen molar-refractivity contribution < 1.29 is 14.4 Å². The number of imide groups is 1. The first-order valence-electron chi connectivity index (χ1n) is 7.86. The molecule has 2 heterocycles. The summed E-state index contributed by atoms with van der Waals surface area (Å²) in [7, 11) is 1.73. The van der Waals surface area contributed by atoms with E-state index >= 15 is 0 Å². The van der Waals surface area contributed by atoms with Crippen molar-refractivity contribution >= 4 is 23.7 Å². The van der Waals surface area contributed by atoms with Crippen LogP contribution >= 0.6 is 0 Å². The lowest BCUT2D eigenvalue weighted by Crippen LogP contribution is -2.69. The maximum Gasteiger partial charge on any atom is 0.324 e. The van der Waals surface area contributed by atoms with E-state index < -0.39 is 17.5 Å². The summed E-state index contributed by atoms with van der Waals surface area (Å²) in [6, 6.07) is 1.31. The highest BCUT2D eigenvalue weighted by atomic mass is 16.2. The van der Waals surface area contributed by atoms with Gasteiger partial charge in [0.2, 0.25) is 5.91 Å². The molecule has 1 aromatic rings. The number of nitrogens with zero attached hydrogens (tertiary/aromatic N) is 3. The fourth-order valence-electron chi connectivity index (χ4n) is 3.50.